The minimum absolute atomic E-state index is 0.0799. The molecule has 21 heavy (non-hydrogen) atoms. The average Bonchev–Trinajstić information content (AvgIpc) is 3.05. The maximum absolute atomic E-state index is 12.2. The summed E-state index contributed by atoms with van der Waals surface area (Å²) in [4.78, 5) is 24.3. The predicted octanol–water partition coefficient (Wildman–Crippen LogP) is 1.85. The summed E-state index contributed by atoms with van der Waals surface area (Å²) in [5.41, 5.74) is 1.52. The molecule has 6 heteroatoms. The smallest absolute Gasteiger partial charge is 0.222 e. The molecule has 0 aliphatic carbocycles. The maximum Gasteiger partial charge on any atom is 0.222 e. The van der Waals surface area contributed by atoms with Crippen molar-refractivity contribution in [3.05, 3.63) is 41.6 Å². The van der Waals surface area contributed by atoms with Crippen LogP contribution in [0.15, 0.2) is 29.1 Å². The van der Waals surface area contributed by atoms with Crippen LogP contribution in [0.3, 0.4) is 0 Å². The fraction of sp³-hybridized carbons (Fsp3) is 0.333. The van der Waals surface area contributed by atoms with Gasteiger partial charge in [0.15, 0.2) is 17.5 Å². The topological polar surface area (TPSA) is 88.9 Å². The highest BCUT2D eigenvalue weighted by Crippen LogP contribution is 2.17. The third-order valence-electron chi connectivity index (χ3n) is 3.22. The summed E-state index contributed by atoms with van der Waals surface area (Å²) in [5, 5.41) is 13.1. The van der Waals surface area contributed by atoms with Crippen molar-refractivity contribution in [2.45, 2.75) is 19.8 Å². The van der Waals surface area contributed by atoms with Crippen molar-refractivity contribution in [1.29, 1.82) is 5.26 Å². The first kappa shape index (κ1) is 14.7. The number of furan rings is 1. The monoisotopic (exact) mass is 285 g/mol. The Balaban J connectivity index is 2.04. The summed E-state index contributed by atoms with van der Waals surface area (Å²) in [6, 6.07) is 3.41. The Hall–Kier alpha value is -2.68. The summed E-state index contributed by atoms with van der Waals surface area (Å²) in [6.07, 6.45) is 5.40. The molecule has 2 aromatic rings. The fourth-order valence-electron chi connectivity index (χ4n) is 2.05. The largest absolute Gasteiger partial charge is 0.461 e. The zero-order valence-electron chi connectivity index (χ0n) is 11.9. The summed E-state index contributed by atoms with van der Waals surface area (Å²) < 4.78 is 6.70. The average molecular weight is 285 g/mol. The van der Waals surface area contributed by atoms with Crippen molar-refractivity contribution in [3.63, 3.8) is 0 Å². The van der Waals surface area contributed by atoms with Gasteiger partial charge in [0.1, 0.15) is 0 Å². The molecule has 0 unspecified atom stereocenters. The van der Waals surface area contributed by atoms with Gasteiger partial charge < -0.3 is 4.42 Å². The van der Waals surface area contributed by atoms with Gasteiger partial charge >= 0.3 is 0 Å². The number of Topliss-reactive ketones (excluding diaryl/α,β-unsaturated/α-hetero) is 2. The van der Waals surface area contributed by atoms with Crippen LogP contribution in [0.2, 0.25) is 0 Å². The number of carbonyl (C=O) groups is 2. The van der Waals surface area contributed by atoms with E-state index in [1.807, 2.05) is 0 Å². The normalized spacial score (nSPS) is 11.9. The second-order valence-electron chi connectivity index (χ2n) is 4.85. The highest BCUT2D eigenvalue weighted by atomic mass is 16.3. The van der Waals surface area contributed by atoms with Gasteiger partial charge in [0, 0.05) is 19.7 Å². The molecular formula is C15H15N3O3. The van der Waals surface area contributed by atoms with Gasteiger partial charge in [-0.1, -0.05) is 0 Å². The predicted molar refractivity (Wildman–Crippen MR) is 73.4 cm³/mol. The van der Waals surface area contributed by atoms with Crippen LogP contribution in [-0.2, 0) is 18.3 Å². The lowest BCUT2D eigenvalue weighted by molar-refractivity contribution is -0.120. The van der Waals surface area contributed by atoms with Crippen LogP contribution in [0.25, 0.3) is 0 Å². The third kappa shape index (κ3) is 3.26. The van der Waals surface area contributed by atoms with Crippen molar-refractivity contribution in [2.24, 2.45) is 13.0 Å². The first-order chi connectivity index (χ1) is 10.0. The fourth-order valence-corrected chi connectivity index (χ4v) is 2.05. The second kappa shape index (κ2) is 6.18. The van der Waals surface area contributed by atoms with Gasteiger partial charge in [-0.15, -0.1) is 0 Å². The molecule has 2 aromatic heterocycles. The molecule has 0 saturated carbocycles. The standard InChI is InChI=1S/C15H15N3O3/c1-10-5-6-21-15(10)14(20)12(7-16)13(19)4-3-11-8-17-18(2)9-11/h5-6,8-9,12H,3-4H2,1-2H3/t12-/m1/s1. The quantitative estimate of drug-likeness (QED) is 0.597. The van der Waals surface area contributed by atoms with Crippen LogP contribution < -0.4 is 0 Å². The second-order valence-corrected chi connectivity index (χ2v) is 4.85. The van der Waals surface area contributed by atoms with Crippen LogP contribution in [-0.4, -0.2) is 21.3 Å². The lowest BCUT2D eigenvalue weighted by atomic mass is 9.94. The minimum Gasteiger partial charge on any atom is -0.461 e. The summed E-state index contributed by atoms with van der Waals surface area (Å²) in [7, 11) is 1.78. The molecule has 0 spiro atoms. The zero-order valence-corrected chi connectivity index (χ0v) is 11.9. The summed E-state index contributed by atoms with van der Waals surface area (Å²) >= 11 is 0. The number of carbonyl (C=O) groups excluding carboxylic acids is 2. The van der Waals surface area contributed by atoms with Crippen molar-refractivity contribution in [3.8, 4) is 6.07 Å². The van der Waals surface area contributed by atoms with E-state index < -0.39 is 17.5 Å². The van der Waals surface area contributed by atoms with E-state index in [0.29, 0.717) is 12.0 Å². The number of hydrogen-bond donors (Lipinski definition) is 0. The number of aromatic nitrogens is 2. The number of nitrogens with zero attached hydrogens (tertiary/aromatic N) is 3. The molecule has 6 nitrogen and oxygen atoms in total. The molecule has 2 heterocycles. The van der Waals surface area contributed by atoms with Gasteiger partial charge in [0.2, 0.25) is 5.78 Å². The summed E-state index contributed by atoms with van der Waals surface area (Å²) in [5.74, 6) is -2.21. The molecule has 1 atom stereocenters. The molecule has 0 radical (unpaired) electrons. The SMILES string of the molecule is Cc1ccoc1C(=O)[C@H](C#N)C(=O)CCc1cnn(C)c1. The number of aryl methyl sites for hydroxylation is 3. The number of ketones is 2. The molecule has 0 saturated heterocycles. The Kier molecular flexibility index (Phi) is 4.33. The minimum atomic E-state index is -1.31. The summed E-state index contributed by atoms with van der Waals surface area (Å²) in [6.45, 7) is 1.70. The Morgan fingerprint density at radius 3 is 2.81 bits per heavy atom. The van der Waals surface area contributed by atoms with Crippen LogP contribution in [0, 0.1) is 24.2 Å². The van der Waals surface area contributed by atoms with Gasteiger partial charge in [-0.2, -0.15) is 10.4 Å². The van der Waals surface area contributed by atoms with Gasteiger partial charge in [0.05, 0.1) is 18.5 Å². The van der Waals surface area contributed by atoms with Gasteiger partial charge in [-0.05, 0) is 30.5 Å². The Bertz CT molecular complexity index is 706. The van der Waals surface area contributed by atoms with Crippen molar-refractivity contribution < 1.29 is 14.0 Å². The number of nitriles is 1. The van der Waals surface area contributed by atoms with Crippen LogP contribution in [0.1, 0.15) is 28.1 Å². The van der Waals surface area contributed by atoms with E-state index in [1.54, 1.807) is 43.2 Å². The Labute approximate surface area is 122 Å². The molecule has 0 aliphatic rings. The molecule has 2 rings (SSSR count). The van der Waals surface area contributed by atoms with E-state index in [4.69, 9.17) is 9.68 Å². The number of hydrogen-bond acceptors (Lipinski definition) is 5. The van der Waals surface area contributed by atoms with E-state index in [9.17, 15) is 9.59 Å². The van der Waals surface area contributed by atoms with E-state index in [-0.39, 0.29) is 12.2 Å². The molecule has 0 aliphatic heterocycles. The first-order valence-electron chi connectivity index (χ1n) is 6.51. The van der Waals surface area contributed by atoms with E-state index in [2.05, 4.69) is 5.10 Å². The van der Waals surface area contributed by atoms with Crippen molar-refractivity contribution in [1.82, 2.24) is 9.78 Å². The van der Waals surface area contributed by atoms with Crippen LogP contribution in [0.4, 0.5) is 0 Å². The van der Waals surface area contributed by atoms with E-state index >= 15 is 0 Å². The Morgan fingerprint density at radius 2 is 2.29 bits per heavy atom. The lowest BCUT2D eigenvalue weighted by Gasteiger charge is -2.05. The van der Waals surface area contributed by atoms with Gasteiger partial charge in [0.25, 0.3) is 0 Å². The van der Waals surface area contributed by atoms with Gasteiger partial charge in [-0.3, -0.25) is 14.3 Å². The maximum atomic E-state index is 12.2. The first-order valence-corrected chi connectivity index (χ1v) is 6.51. The van der Waals surface area contributed by atoms with E-state index in [0.717, 1.165) is 5.56 Å². The third-order valence-corrected chi connectivity index (χ3v) is 3.22. The van der Waals surface area contributed by atoms with Crippen LogP contribution in [0.5, 0.6) is 0 Å². The van der Waals surface area contributed by atoms with Gasteiger partial charge in [-0.25, -0.2) is 0 Å². The Morgan fingerprint density at radius 1 is 1.52 bits per heavy atom. The van der Waals surface area contributed by atoms with E-state index in [1.165, 1.54) is 6.26 Å². The molecular weight excluding hydrogens is 270 g/mol. The molecule has 0 amide bonds. The molecule has 0 N–H and O–H groups in total. The highest BCUT2D eigenvalue weighted by Gasteiger charge is 2.30. The molecule has 0 bridgehead atoms. The number of rotatable bonds is 6. The lowest BCUT2D eigenvalue weighted by Crippen LogP contribution is -2.23. The highest BCUT2D eigenvalue weighted by molar-refractivity contribution is 6.12. The van der Waals surface area contributed by atoms with Crippen LogP contribution >= 0.6 is 0 Å². The van der Waals surface area contributed by atoms with Crippen molar-refractivity contribution >= 4 is 11.6 Å². The zero-order chi connectivity index (χ0) is 15.4. The molecule has 108 valence electrons. The molecule has 0 aromatic carbocycles. The molecule has 0 fully saturated rings. The van der Waals surface area contributed by atoms with Crippen molar-refractivity contribution in [2.75, 3.05) is 0 Å².